The van der Waals surface area contributed by atoms with E-state index in [2.05, 4.69) is 9.72 Å². The number of esters is 1. The number of hydrogen-bond donors (Lipinski definition) is 1. The van der Waals surface area contributed by atoms with Gasteiger partial charge in [-0.3, -0.25) is 14.4 Å². The van der Waals surface area contributed by atoms with Crippen molar-refractivity contribution in [1.82, 2.24) is 4.98 Å². The Kier molecular flexibility index (Phi) is 6.25. The predicted molar refractivity (Wildman–Crippen MR) is 95.9 cm³/mol. The van der Waals surface area contributed by atoms with Crippen molar-refractivity contribution in [3.05, 3.63) is 34.7 Å². The Bertz CT molecular complexity index is 884. The smallest absolute Gasteiger partial charge is 0.433 e. The average Bonchev–Trinajstić information content (AvgIpc) is 3.12. The number of ketones is 2. The van der Waals surface area contributed by atoms with E-state index in [1.165, 1.54) is 6.92 Å². The Morgan fingerprint density at radius 2 is 1.80 bits per heavy atom. The molecule has 0 radical (unpaired) electrons. The van der Waals surface area contributed by atoms with Gasteiger partial charge in [-0.2, -0.15) is 13.2 Å². The van der Waals surface area contributed by atoms with Crippen molar-refractivity contribution < 1.29 is 42.1 Å². The lowest BCUT2D eigenvalue weighted by atomic mass is 9.81. The summed E-state index contributed by atoms with van der Waals surface area (Å²) in [6.07, 6.45) is -3.21. The summed E-state index contributed by atoms with van der Waals surface area (Å²) in [4.78, 5) is 39.5. The van der Waals surface area contributed by atoms with Gasteiger partial charge in [0.1, 0.15) is 23.6 Å². The van der Waals surface area contributed by atoms with Gasteiger partial charge in [0.15, 0.2) is 11.6 Å². The third-order valence-electron chi connectivity index (χ3n) is 5.20. The second kappa shape index (κ2) is 8.55. The van der Waals surface area contributed by atoms with Gasteiger partial charge in [-0.25, -0.2) is 4.98 Å². The molecule has 0 aliphatic heterocycles. The molecule has 2 unspecified atom stereocenters. The molecule has 1 aromatic heterocycles. The molecule has 3 rings (SSSR count). The zero-order valence-corrected chi connectivity index (χ0v) is 16.1. The number of carbonyl (C=O) groups excluding carboxylic acids is 3. The Balaban J connectivity index is 1.93. The zero-order chi connectivity index (χ0) is 22.1. The molecular formula is C20H20F3NO6. The molecule has 2 aliphatic carbocycles. The van der Waals surface area contributed by atoms with Crippen LogP contribution in [0.25, 0.3) is 5.76 Å². The van der Waals surface area contributed by atoms with Crippen molar-refractivity contribution in [1.29, 1.82) is 0 Å². The maximum absolute atomic E-state index is 13.1. The van der Waals surface area contributed by atoms with Crippen LogP contribution in [0.5, 0.6) is 0 Å². The molecule has 2 aliphatic rings. The number of halogens is 3. The average molecular weight is 427 g/mol. The van der Waals surface area contributed by atoms with Crippen molar-refractivity contribution in [3.63, 3.8) is 0 Å². The lowest BCUT2D eigenvalue weighted by Crippen LogP contribution is -2.30. The van der Waals surface area contributed by atoms with Crippen LogP contribution in [0.2, 0.25) is 0 Å². The molecule has 30 heavy (non-hydrogen) atoms. The highest BCUT2D eigenvalue weighted by atomic mass is 19.4. The summed E-state index contributed by atoms with van der Waals surface area (Å²) in [5.74, 6) is -2.93. The first-order chi connectivity index (χ1) is 14.1. The van der Waals surface area contributed by atoms with Crippen molar-refractivity contribution in [2.45, 2.75) is 39.0 Å². The SMILES string of the molecule is CC(=O)OCCOCc1nc(C(F)(F)F)ccc1C(O)=C1C(=O)C2CCC(C2)C1=O. The summed E-state index contributed by atoms with van der Waals surface area (Å²) in [6.45, 7) is 0.516. The quantitative estimate of drug-likeness (QED) is 0.245. The molecule has 162 valence electrons. The number of pyridine rings is 1. The summed E-state index contributed by atoms with van der Waals surface area (Å²) >= 11 is 0. The molecule has 1 heterocycles. The van der Waals surface area contributed by atoms with Crippen LogP contribution in [-0.2, 0) is 36.6 Å². The summed E-state index contributed by atoms with van der Waals surface area (Å²) < 4.78 is 49.1. The Labute approximate surface area is 169 Å². The molecule has 0 spiro atoms. The van der Waals surface area contributed by atoms with Crippen LogP contribution in [0.4, 0.5) is 13.2 Å². The van der Waals surface area contributed by atoms with Gasteiger partial charge in [-0.15, -0.1) is 0 Å². The first kappa shape index (κ1) is 21.9. The minimum Gasteiger partial charge on any atom is -0.506 e. The Morgan fingerprint density at radius 3 is 2.37 bits per heavy atom. The summed E-state index contributed by atoms with van der Waals surface area (Å²) in [5, 5.41) is 10.7. The molecule has 0 saturated heterocycles. The number of allylic oxidation sites excluding steroid dienone is 1. The number of hydrogen-bond acceptors (Lipinski definition) is 7. The molecule has 2 bridgehead atoms. The molecule has 10 heteroatoms. The van der Waals surface area contributed by atoms with E-state index >= 15 is 0 Å². The van der Waals surface area contributed by atoms with E-state index < -0.39 is 41.8 Å². The zero-order valence-electron chi connectivity index (χ0n) is 16.1. The second-order valence-electron chi connectivity index (χ2n) is 7.24. The van der Waals surface area contributed by atoms with Crippen molar-refractivity contribution in [3.8, 4) is 0 Å². The van der Waals surface area contributed by atoms with E-state index in [1.807, 2.05) is 0 Å². The van der Waals surface area contributed by atoms with Gasteiger partial charge >= 0.3 is 12.1 Å². The van der Waals surface area contributed by atoms with E-state index in [0.29, 0.717) is 25.3 Å². The Morgan fingerprint density at radius 1 is 1.17 bits per heavy atom. The second-order valence-corrected chi connectivity index (χ2v) is 7.24. The maximum Gasteiger partial charge on any atom is 0.433 e. The van der Waals surface area contributed by atoms with Gasteiger partial charge in [-0.1, -0.05) is 0 Å². The lowest BCUT2D eigenvalue weighted by Gasteiger charge is -2.21. The van der Waals surface area contributed by atoms with Gasteiger partial charge in [0, 0.05) is 24.3 Å². The fourth-order valence-electron chi connectivity index (χ4n) is 3.75. The largest absolute Gasteiger partial charge is 0.506 e. The number of aromatic nitrogens is 1. The lowest BCUT2D eigenvalue weighted by molar-refractivity contribution is -0.143. The molecule has 1 N–H and O–H groups in total. The van der Waals surface area contributed by atoms with Crippen LogP contribution >= 0.6 is 0 Å². The van der Waals surface area contributed by atoms with Gasteiger partial charge in [0.05, 0.1) is 18.9 Å². The number of carbonyl (C=O) groups is 3. The summed E-state index contributed by atoms with van der Waals surface area (Å²) in [7, 11) is 0. The predicted octanol–water partition coefficient (Wildman–Crippen LogP) is 3.02. The normalized spacial score (nSPS) is 21.1. The fourth-order valence-corrected chi connectivity index (χ4v) is 3.75. The van der Waals surface area contributed by atoms with Gasteiger partial charge in [-0.05, 0) is 31.4 Å². The summed E-state index contributed by atoms with van der Waals surface area (Å²) in [6, 6.07) is 1.64. The van der Waals surface area contributed by atoms with Crippen LogP contribution in [0, 0.1) is 11.8 Å². The summed E-state index contributed by atoms with van der Waals surface area (Å²) in [5.41, 5.74) is -2.04. The van der Waals surface area contributed by atoms with Crippen molar-refractivity contribution in [2.75, 3.05) is 13.2 Å². The maximum atomic E-state index is 13.1. The minimum absolute atomic E-state index is 0.114. The standard InChI is InChI=1S/C20H20F3NO6/c1-10(25)30-7-6-29-9-14-13(4-5-15(24-14)20(21,22)23)19(28)16-17(26)11-2-3-12(8-11)18(16)27/h4-5,11-12,28H,2-3,6-9H2,1H3. The molecule has 0 aromatic carbocycles. The number of alkyl halides is 3. The first-order valence-corrected chi connectivity index (χ1v) is 9.39. The minimum atomic E-state index is -4.73. The van der Waals surface area contributed by atoms with Crippen molar-refractivity contribution >= 4 is 23.3 Å². The molecule has 2 saturated carbocycles. The molecular weight excluding hydrogens is 407 g/mol. The van der Waals surface area contributed by atoms with E-state index in [-0.39, 0.29) is 41.9 Å². The topological polar surface area (TPSA) is 103 Å². The van der Waals surface area contributed by atoms with Crippen LogP contribution in [0.15, 0.2) is 17.7 Å². The molecule has 1 aromatic rings. The van der Waals surface area contributed by atoms with E-state index in [1.54, 1.807) is 0 Å². The van der Waals surface area contributed by atoms with E-state index in [4.69, 9.17) is 4.74 Å². The number of rotatable bonds is 6. The van der Waals surface area contributed by atoms with E-state index in [0.717, 1.165) is 6.07 Å². The number of nitrogens with zero attached hydrogens (tertiary/aromatic N) is 1. The van der Waals surface area contributed by atoms with Crippen LogP contribution in [0.3, 0.4) is 0 Å². The van der Waals surface area contributed by atoms with Gasteiger partial charge < -0.3 is 14.6 Å². The number of Topliss-reactive ketones (excluding diaryl/α,β-unsaturated/α-hetero) is 2. The molecule has 0 amide bonds. The highest BCUT2D eigenvalue weighted by Gasteiger charge is 2.45. The molecule has 2 atom stereocenters. The first-order valence-electron chi connectivity index (χ1n) is 9.39. The fraction of sp³-hybridized carbons (Fsp3) is 0.500. The highest BCUT2D eigenvalue weighted by Crippen LogP contribution is 2.42. The Hall–Kier alpha value is -2.75. The number of aliphatic hydroxyl groups excluding tert-OH is 1. The van der Waals surface area contributed by atoms with Crippen LogP contribution < -0.4 is 0 Å². The van der Waals surface area contributed by atoms with E-state index in [9.17, 15) is 32.7 Å². The number of fused-ring (bicyclic) bond motifs is 2. The third-order valence-corrected chi connectivity index (χ3v) is 5.20. The number of ether oxygens (including phenoxy) is 2. The van der Waals surface area contributed by atoms with Crippen LogP contribution in [-0.4, -0.2) is 40.8 Å². The third kappa shape index (κ3) is 4.53. The molecule has 2 fully saturated rings. The number of aliphatic hydroxyl groups is 1. The molecule has 7 nitrogen and oxygen atoms in total. The van der Waals surface area contributed by atoms with Gasteiger partial charge in [0.2, 0.25) is 0 Å². The van der Waals surface area contributed by atoms with Crippen LogP contribution in [0.1, 0.15) is 43.1 Å². The van der Waals surface area contributed by atoms with Crippen molar-refractivity contribution in [2.24, 2.45) is 11.8 Å². The highest BCUT2D eigenvalue weighted by molar-refractivity contribution is 6.27. The monoisotopic (exact) mass is 427 g/mol. The van der Waals surface area contributed by atoms with Gasteiger partial charge in [0.25, 0.3) is 0 Å².